The molecule has 2 aromatic rings. The van der Waals surface area contributed by atoms with Crippen LogP contribution in [0.1, 0.15) is 35.3 Å². The first kappa shape index (κ1) is 22.5. The van der Waals surface area contributed by atoms with Crippen LogP contribution in [0.2, 0.25) is 0 Å². The molecule has 3 N–H and O–H groups in total. The molecule has 0 aliphatic carbocycles. The van der Waals surface area contributed by atoms with E-state index in [-0.39, 0.29) is 28.5 Å². The van der Waals surface area contributed by atoms with Crippen molar-refractivity contribution in [3.63, 3.8) is 0 Å². The van der Waals surface area contributed by atoms with Gasteiger partial charge in [-0.25, -0.2) is 35.9 Å². The number of hydrogen-bond acceptors (Lipinski definition) is 6. The van der Waals surface area contributed by atoms with E-state index in [0.29, 0.717) is 0 Å². The van der Waals surface area contributed by atoms with Gasteiger partial charge in [0.25, 0.3) is 11.8 Å². The summed E-state index contributed by atoms with van der Waals surface area (Å²) in [5.41, 5.74) is 3.69. The number of amides is 1. The highest BCUT2D eigenvalue weighted by Gasteiger charge is 2.42. The van der Waals surface area contributed by atoms with Gasteiger partial charge in [0.15, 0.2) is 0 Å². The van der Waals surface area contributed by atoms with Crippen LogP contribution in [0, 0.1) is 5.82 Å². The Bertz CT molecular complexity index is 1160. The predicted octanol–water partition coefficient (Wildman–Crippen LogP) is 2.39. The lowest BCUT2D eigenvalue weighted by Gasteiger charge is -2.34. The van der Waals surface area contributed by atoms with Gasteiger partial charge in [0.05, 0.1) is 5.75 Å². The van der Waals surface area contributed by atoms with Crippen molar-refractivity contribution in [2.45, 2.75) is 25.3 Å². The fourth-order valence-electron chi connectivity index (χ4n) is 3.08. The van der Waals surface area contributed by atoms with E-state index in [1.807, 2.05) is 0 Å². The Hall–Kier alpha value is -3.15. The average Bonchev–Trinajstić information content (AvgIpc) is 2.65. The van der Waals surface area contributed by atoms with E-state index in [9.17, 15) is 26.4 Å². The number of nitrogens with zero attached hydrogens (tertiary/aromatic N) is 3. The number of halogens is 3. The quantitative estimate of drug-likeness (QED) is 0.734. The molecule has 0 spiro atoms. The maximum Gasteiger partial charge on any atom is 0.272 e. The third-order valence-corrected chi connectivity index (χ3v) is 6.83. The molecule has 1 amide bonds. The van der Waals surface area contributed by atoms with Crippen molar-refractivity contribution in [1.29, 1.82) is 0 Å². The SMILES string of the molecule is CN1C(N)=N[C@](C)(c2cc(C(=O)Nc3ccc(C(C)(F)F)cn3)ccc2F)CS1(=O)=O. The van der Waals surface area contributed by atoms with Gasteiger partial charge in [-0.3, -0.25) is 4.79 Å². The molecule has 3 rings (SSSR count). The Morgan fingerprint density at radius 2 is 1.97 bits per heavy atom. The Morgan fingerprint density at radius 3 is 2.52 bits per heavy atom. The van der Waals surface area contributed by atoms with E-state index >= 15 is 0 Å². The number of pyridine rings is 1. The number of anilines is 1. The van der Waals surface area contributed by atoms with Crippen LogP contribution in [0.5, 0.6) is 0 Å². The van der Waals surface area contributed by atoms with Crippen LogP contribution in [0.4, 0.5) is 19.0 Å². The zero-order valence-corrected chi connectivity index (χ0v) is 17.7. The van der Waals surface area contributed by atoms with E-state index in [4.69, 9.17) is 5.73 Å². The van der Waals surface area contributed by atoms with Gasteiger partial charge in [-0.15, -0.1) is 0 Å². The standard InChI is InChI=1S/C19H20F3N5O3S/c1-18(10-31(29,30)27(3)17(23)26-18)13-8-11(4-6-14(13)20)16(28)25-15-7-5-12(9-24-15)19(2,21)22/h4-9H,10H2,1-3H3,(H2,23,26)(H,24,25,28)/t18-/m0/s1. The van der Waals surface area contributed by atoms with Gasteiger partial charge in [-0.05, 0) is 37.3 Å². The first-order valence-electron chi connectivity index (χ1n) is 9.01. The summed E-state index contributed by atoms with van der Waals surface area (Å²) in [5, 5.41) is 2.43. The van der Waals surface area contributed by atoms with Crippen molar-refractivity contribution in [2.75, 3.05) is 18.1 Å². The number of rotatable bonds is 4. The lowest BCUT2D eigenvalue weighted by atomic mass is 9.92. The summed E-state index contributed by atoms with van der Waals surface area (Å²) in [4.78, 5) is 20.5. The summed E-state index contributed by atoms with van der Waals surface area (Å²) >= 11 is 0. The molecule has 0 saturated heterocycles. The minimum absolute atomic E-state index is 0.00517. The lowest BCUT2D eigenvalue weighted by Crippen LogP contribution is -2.50. The number of aromatic nitrogens is 1. The van der Waals surface area contributed by atoms with Crippen LogP contribution < -0.4 is 11.1 Å². The van der Waals surface area contributed by atoms with Gasteiger partial charge in [-0.2, -0.15) is 0 Å². The number of hydrogen-bond donors (Lipinski definition) is 2. The number of nitrogens with one attached hydrogen (secondary N) is 1. The van der Waals surface area contributed by atoms with Crippen LogP contribution in [0.3, 0.4) is 0 Å². The van der Waals surface area contributed by atoms with E-state index in [0.717, 1.165) is 29.6 Å². The van der Waals surface area contributed by atoms with Crippen LogP contribution in [-0.2, 0) is 21.5 Å². The number of carbonyl (C=O) groups is 1. The Labute approximate surface area is 177 Å². The molecule has 8 nitrogen and oxygen atoms in total. The first-order chi connectivity index (χ1) is 14.2. The zero-order chi connectivity index (χ0) is 23.2. The van der Waals surface area contributed by atoms with Gasteiger partial charge >= 0.3 is 0 Å². The lowest BCUT2D eigenvalue weighted by molar-refractivity contribution is 0.0171. The van der Waals surface area contributed by atoms with Crippen molar-refractivity contribution in [1.82, 2.24) is 9.29 Å². The summed E-state index contributed by atoms with van der Waals surface area (Å²) in [6.45, 7) is 2.12. The molecule has 0 bridgehead atoms. The molecule has 1 aromatic carbocycles. The van der Waals surface area contributed by atoms with Crippen LogP contribution >= 0.6 is 0 Å². The van der Waals surface area contributed by atoms with Crippen molar-refractivity contribution in [3.8, 4) is 0 Å². The molecule has 0 unspecified atom stereocenters. The highest BCUT2D eigenvalue weighted by Crippen LogP contribution is 2.34. The van der Waals surface area contributed by atoms with Crippen LogP contribution in [-0.4, -0.2) is 42.4 Å². The van der Waals surface area contributed by atoms with E-state index < -0.39 is 39.0 Å². The minimum atomic E-state index is -3.84. The maximum atomic E-state index is 14.6. The first-order valence-corrected chi connectivity index (χ1v) is 10.6. The third-order valence-electron chi connectivity index (χ3n) is 4.89. The molecule has 12 heteroatoms. The monoisotopic (exact) mass is 455 g/mol. The third kappa shape index (κ3) is 4.48. The molecule has 166 valence electrons. The molecule has 0 saturated carbocycles. The smallest absolute Gasteiger partial charge is 0.272 e. The normalized spacial score (nSPS) is 20.8. The highest BCUT2D eigenvalue weighted by molar-refractivity contribution is 7.89. The van der Waals surface area contributed by atoms with Crippen LogP contribution in [0.15, 0.2) is 41.5 Å². The number of nitrogens with two attached hydrogens (primary N) is 1. The van der Waals surface area contributed by atoms with Gasteiger partial charge in [0, 0.05) is 36.9 Å². The summed E-state index contributed by atoms with van der Waals surface area (Å²) in [6.07, 6.45) is 0.938. The molecular formula is C19H20F3N5O3S. The molecule has 1 aromatic heterocycles. The zero-order valence-electron chi connectivity index (χ0n) is 16.9. The second-order valence-electron chi connectivity index (χ2n) is 7.44. The van der Waals surface area contributed by atoms with Crippen molar-refractivity contribution >= 4 is 27.7 Å². The fourth-order valence-corrected chi connectivity index (χ4v) is 4.53. The van der Waals surface area contributed by atoms with Gasteiger partial charge in [0.2, 0.25) is 16.0 Å². The van der Waals surface area contributed by atoms with E-state index in [2.05, 4.69) is 15.3 Å². The molecule has 1 atom stereocenters. The van der Waals surface area contributed by atoms with Crippen LogP contribution in [0.25, 0.3) is 0 Å². The maximum absolute atomic E-state index is 14.6. The number of benzene rings is 1. The number of guanidine groups is 1. The Balaban J connectivity index is 1.91. The van der Waals surface area contributed by atoms with E-state index in [1.165, 1.54) is 32.2 Å². The Kier molecular flexibility index (Phi) is 5.47. The molecule has 0 radical (unpaired) electrons. The number of carbonyl (C=O) groups excluding carboxylic acids is 1. The summed E-state index contributed by atoms with van der Waals surface area (Å²) in [5.74, 6) is -5.37. The average molecular weight is 455 g/mol. The molecule has 1 aliphatic heterocycles. The second-order valence-corrected chi connectivity index (χ2v) is 9.44. The molecular weight excluding hydrogens is 435 g/mol. The fraction of sp³-hybridized carbons (Fsp3) is 0.316. The topological polar surface area (TPSA) is 118 Å². The predicted molar refractivity (Wildman–Crippen MR) is 109 cm³/mol. The van der Waals surface area contributed by atoms with Gasteiger partial charge < -0.3 is 11.1 Å². The van der Waals surface area contributed by atoms with Crippen molar-refractivity contribution in [2.24, 2.45) is 10.7 Å². The van der Waals surface area contributed by atoms with Gasteiger partial charge in [0.1, 0.15) is 17.2 Å². The largest absolute Gasteiger partial charge is 0.369 e. The van der Waals surface area contributed by atoms with E-state index in [1.54, 1.807) is 0 Å². The molecule has 0 fully saturated rings. The molecule has 1 aliphatic rings. The molecule has 2 heterocycles. The number of alkyl halides is 2. The van der Waals surface area contributed by atoms with Crippen molar-refractivity contribution in [3.05, 3.63) is 59.0 Å². The highest BCUT2D eigenvalue weighted by atomic mass is 32.2. The second kappa shape index (κ2) is 7.52. The van der Waals surface area contributed by atoms with Crippen molar-refractivity contribution < 1.29 is 26.4 Å². The molecule has 31 heavy (non-hydrogen) atoms. The van der Waals surface area contributed by atoms with Gasteiger partial charge in [-0.1, -0.05) is 0 Å². The summed E-state index contributed by atoms with van der Waals surface area (Å²) in [6, 6.07) is 5.73. The number of aliphatic imine (C=N–C) groups is 1. The minimum Gasteiger partial charge on any atom is -0.369 e. The Morgan fingerprint density at radius 1 is 1.29 bits per heavy atom. The summed E-state index contributed by atoms with van der Waals surface area (Å²) in [7, 11) is -2.61. The number of sulfonamides is 1. The summed E-state index contributed by atoms with van der Waals surface area (Å²) < 4.78 is 66.7.